The summed E-state index contributed by atoms with van der Waals surface area (Å²) < 4.78 is 26.4. The van der Waals surface area contributed by atoms with Crippen LogP contribution in [0.5, 0.6) is 0 Å². The van der Waals surface area contributed by atoms with Crippen LogP contribution in [0.25, 0.3) is 21.8 Å². The molecule has 8 nitrogen and oxygen atoms in total. The summed E-state index contributed by atoms with van der Waals surface area (Å²) in [6.45, 7) is 0. The summed E-state index contributed by atoms with van der Waals surface area (Å²) in [5, 5.41) is 1.16. The predicted octanol–water partition coefficient (Wildman–Crippen LogP) is -0.107. The fraction of sp³-hybridized carbons (Fsp3) is 0.154. The number of aromatic nitrogens is 3. The van der Waals surface area contributed by atoms with Crippen LogP contribution in [0.2, 0.25) is 0 Å². The van der Waals surface area contributed by atoms with Gasteiger partial charge < -0.3 is 4.98 Å². The minimum absolute atomic E-state index is 0.123. The van der Waals surface area contributed by atoms with Crippen LogP contribution >= 0.6 is 0 Å². The third-order valence-electron chi connectivity index (χ3n) is 3.31. The van der Waals surface area contributed by atoms with Gasteiger partial charge in [-0.3, -0.25) is 14.6 Å². The molecule has 2 heterocycles. The minimum atomic E-state index is -4.15. The fourth-order valence-corrected chi connectivity index (χ4v) is 3.27. The van der Waals surface area contributed by atoms with Gasteiger partial charge in [0.15, 0.2) is 0 Å². The van der Waals surface area contributed by atoms with Gasteiger partial charge >= 0.3 is 21.3 Å². The first-order chi connectivity index (χ1) is 10.3. The Morgan fingerprint density at radius 3 is 2.59 bits per heavy atom. The molecule has 0 fully saturated rings. The Labute approximate surface area is 124 Å². The van der Waals surface area contributed by atoms with Crippen molar-refractivity contribution in [3.05, 3.63) is 51.3 Å². The van der Waals surface area contributed by atoms with E-state index >= 15 is 0 Å². The summed E-state index contributed by atoms with van der Waals surface area (Å²) in [6.07, 6.45) is 3.04. The second kappa shape index (κ2) is 4.75. The summed E-state index contributed by atoms with van der Waals surface area (Å²) in [5.74, 6) is 0. The molecule has 3 rings (SSSR count). The summed E-state index contributed by atoms with van der Waals surface area (Å²) in [5.41, 5.74) is -1.76. The van der Waals surface area contributed by atoms with Gasteiger partial charge in [-0.25, -0.2) is 0 Å². The molecule has 0 unspecified atom stereocenters. The Morgan fingerprint density at radius 2 is 1.91 bits per heavy atom. The highest BCUT2D eigenvalue weighted by atomic mass is 32.2. The van der Waals surface area contributed by atoms with Crippen LogP contribution < -0.4 is 11.1 Å². The largest absolute Gasteiger partial charge is 0.331 e. The SMILES string of the molecule is CN(C)S(=O)(=O)n1c(=O)c(=O)[nH]c2ccc3cnccc3c21. The quantitative estimate of drug-likeness (QED) is 0.524. The van der Waals surface area contributed by atoms with Gasteiger partial charge in [0, 0.05) is 37.3 Å². The Balaban J connectivity index is 2.70. The molecule has 2 aromatic heterocycles. The standard InChI is InChI=1S/C13H12N4O4S/c1-16(2)22(20,21)17-11-9-5-6-14-7-8(9)3-4-10(11)15-12(18)13(17)19/h3-7H,1-2H3,(H,15,18). The number of nitrogens with one attached hydrogen (secondary N) is 1. The molecule has 0 saturated heterocycles. The number of hydrogen-bond donors (Lipinski definition) is 1. The first-order valence-electron chi connectivity index (χ1n) is 6.29. The molecule has 0 saturated carbocycles. The first-order valence-corrected chi connectivity index (χ1v) is 7.68. The van der Waals surface area contributed by atoms with E-state index in [1.165, 1.54) is 20.3 Å². The highest BCUT2D eigenvalue weighted by Gasteiger charge is 2.23. The summed E-state index contributed by atoms with van der Waals surface area (Å²) >= 11 is 0. The number of H-pyrrole nitrogens is 1. The Bertz CT molecular complexity index is 1110. The van der Waals surface area contributed by atoms with Crippen molar-refractivity contribution in [2.24, 2.45) is 0 Å². The highest BCUT2D eigenvalue weighted by Crippen LogP contribution is 2.22. The van der Waals surface area contributed by atoms with Crippen molar-refractivity contribution >= 4 is 32.0 Å². The fourth-order valence-electron chi connectivity index (χ4n) is 2.22. The highest BCUT2D eigenvalue weighted by molar-refractivity contribution is 7.87. The van der Waals surface area contributed by atoms with Gasteiger partial charge in [-0.1, -0.05) is 6.07 Å². The molecule has 0 amide bonds. The monoisotopic (exact) mass is 320 g/mol. The average molecular weight is 320 g/mol. The van der Waals surface area contributed by atoms with E-state index in [1.807, 2.05) is 0 Å². The number of nitrogens with zero attached hydrogens (tertiary/aromatic N) is 3. The molecular formula is C13H12N4O4S. The second-order valence-corrected chi connectivity index (χ2v) is 6.86. The molecule has 9 heteroatoms. The normalized spacial score (nSPS) is 12.3. The lowest BCUT2D eigenvalue weighted by Crippen LogP contribution is -2.44. The molecule has 0 atom stereocenters. The Hall–Kier alpha value is -2.52. The summed E-state index contributed by atoms with van der Waals surface area (Å²) in [6, 6.07) is 4.83. The number of pyridine rings is 1. The van der Waals surface area contributed by atoms with Gasteiger partial charge in [0.05, 0.1) is 11.0 Å². The number of aromatic amines is 1. The molecule has 0 spiro atoms. The molecule has 0 aliphatic rings. The van der Waals surface area contributed by atoms with E-state index in [4.69, 9.17) is 0 Å². The van der Waals surface area contributed by atoms with Gasteiger partial charge in [-0.15, -0.1) is 0 Å². The zero-order valence-corrected chi connectivity index (χ0v) is 12.6. The lowest BCUT2D eigenvalue weighted by Gasteiger charge is -2.16. The van der Waals surface area contributed by atoms with E-state index < -0.39 is 21.3 Å². The van der Waals surface area contributed by atoms with E-state index in [2.05, 4.69) is 9.97 Å². The molecule has 1 N–H and O–H groups in total. The van der Waals surface area contributed by atoms with E-state index in [-0.39, 0.29) is 11.0 Å². The van der Waals surface area contributed by atoms with Gasteiger partial charge in [-0.2, -0.15) is 16.7 Å². The molecular weight excluding hydrogens is 308 g/mol. The molecule has 3 aromatic rings. The van der Waals surface area contributed by atoms with Crippen LogP contribution in [0.4, 0.5) is 0 Å². The van der Waals surface area contributed by atoms with E-state index in [0.29, 0.717) is 14.7 Å². The van der Waals surface area contributed by atoms with Crippen LogP contribution in [-0.4, -0.2) is 40.8 Å². The Kier molecular flexibility index (Phi) is 3.11. The van der Waals surface area contributed by atoms with Crippen LogP contribution in [0.15, 0.2) is 40.2 Å². The van der Waals surface area contributed by atoms with Gasteiger partial charge in [0.1, 0.15) is 0 Å². The zero-order valence-electron chi connectivity index (χ0n) is 11.8. The smallest absolute Gasteiger partial charge is 0.316 e. The van der Waals surface area contributed by atoms with E-state index in [1.54, 1.807) is 24.4 Å². The van der Waals surface area contributed by atoms with Gasteiger partial charge in [0.25, 0.3) is 0 Å². The molecule has 1 aromatic carbocycles. The number of hydrogen-bond acceptors (Lipinski definition) is 5. The lowest BCUT2D eigenvalue weighted by molar-refractivity contribution is 0.510. The van der Waals surface area contributed by atoms with Gasteiger partial charge in [-0.05, 0) is 12.1 Å². The third kappa shape index (κ3) is 1.94. The number of fused-ring (bicyclic) bond motifs is 3. The van der Waals surface area contributed by atoms with Crippen LogP contribution in [0.3, 0.4) is 0 Å². The maximum atomic E-state index is 12.5. The van der Waals surface area contributed by atoms with Gasteiger partial charge in [0.2, 0.25) is 0 Å². The van der Waals surface area contributed by atoms with Crippen molar-refractivity contribution in [2.45, 2.75) is 0 Å². The van der Waals surface area contributed by atoms with E-state index in [0.717, 1.165) is 4.31 Å². The van der Waals surface area contributed by atoms with Crippen LogP contribution in [0, 0.1) is 0 Å². The van der Waals surface area contributed by atoms with Crippen molar-refractivity contribution in [3.63, 3.8) is 0 Å². The summed E-state index contributed by atoms with van der Waals surface area (Å²) in [4.78, 5) is 30.3. The molecule has 0 aliphatic heterocycles. The van der Waals surface area contributed by atoms with Crippen LogP contribution in [0.1, 0.15) is 0 Å². The molecule has 0 bridgehead atoms. The number of benzene rings is 1. The van der Waals surface area contributed by atoms with Crippen molar-refractivity contribution in [1.29, 1.82) is 0 Å². The molecule has 22 heavy (non-hydrogen) atoms. The van der Waals surface area contributed by atoms with Crippen molar-refractivity contribution in [3.8, 4) is 0 Å². The predicted molar refractivity (Wildman–Crippen MR) is 82.1 cm³/mol. The van der Waals surface area contributed by atoms with Crippen molar-refractivity contribution < 1.29 is 8.42 Å². The molecule has 0 aliphatic carbocycles. The maximum Gasteiger partial charge on any atom is 0.331 e. The minimum Gasteiger partial charge on any atom is -0.316 e. The van der Waals surface area contributed by atoms with Crippen LogP contribution in [-0.2, 0) is 10.2 Å². The van der Waals surface area contributed by atoms with Crippen molar-refractivity contribution in [2.75, 3.05) is 14.1 Å². The third-order valence-corrected chi connectivity index (χ3v) is 5.05. The second-order valence-electron chi connectivity index (χ2n) is 4.87. The first kappa shape index (κ1) is 14.4. The zero-order chi connectivity index (χ0) is 16.1. The van der Waals surface area contributed by atoms with Crippen molar-refractivity contribution in [1.82, 2.24) is 18.2 Å². The average Bonchev–Trinajstić information content (AvgIpc) is 2.48. The Morgan fingerprint density at radius 1 is 1.18 bits per heavy atom. The maximum absolute atomic E-state index is 12.5. The van der Waals surface area contributed by atoms with E-state index in [9.17, 15) is 18.0 Å². The molecule has 0 radical (unpaired) electrons. The summed E-state index contributed by atoms with van der Waals surface area (Å²) in [7, 11) is -1.56. The lowest BCUT2D eigenvalue weighted by atomic mass is 10.1. The molecule has 114 valence electrons. The number of rotatable bonds is 2. The topological polar surface area (TPSA) is 105 Å².